The van der Waals surface area contributed by atoms with Gasteiger partial charge in [0.05, 0.1) is 5.56 Å². The maximum Gasteiger partial charge on any atom is 0.416 e. The van der Waals surface area contributed by atoms with Crippen molar-refractivity contribution in [2.45, 2.75) is 25.6 Å². The van der Waals surface area contributed by atoms with Crippen molar-refractivity contribution in [3.05, 3.63) is 29.8 Å². The Morgan fingerprint density at radius 3 is 2.44 bits per heavy atom. The quantitative estimate of drug-likeness (QED) is 0.826. The first-order chi connectivity index (χ1) is 8.49. The first-order valence-corrected chi connectivity index (χ1v) is 6.05. The van der Waals surface area contributed by atoms with Crippen LogP contribution in [-0.4, -0.2) is 30.6 Å². The summed E-state index contributed by atoms with van der Waals surface area (Å²) in [6, 6.07) is 4.89. The number of ether oxygens (including phenoxy) is 1. The van der Waals surface area contributed by atoms with Gasteiger partial charge in [-0.15, -0.1) is 0 Å². The Hall–Kier alpha value is -1.23. The average Bonchev–Trinajstić information content (AvgIpc) is 2.76. The fourth-order valence-electron chi connectivity index (χ4n) is 2.10. The van der Waals surface area contributed by atoms with Crippen LogP contribution in [0.1, 0.15) is 18.9 Å². The second-order valence-electron chi connectivity index (χ2n) is 4.44. The van der Waals surface area contributed by atoms with E-state index < -0.39 is 11.7 Å². The summed E-state index contributed by atoms with van der Waals surface area (Å²) in [4.78, 5) is 2.26. The van der Waals surface area contributed by atoms with Crippen LogP contribution < -0.4 is 4.74 Å². The van der Waals surface area contributed by atoms with Crippen LogP contribution in [0.25, 0.3) is 0 Å². The SMILES string of the molecule is CCN1CCC(Oc2ccc(C(F)(F)F)cc2)C1. The molecule has 0 saturated carbocycles. The van der Waals surface area contributed by atoms with Gasteiger partial charge in [0.1, 0.15) is 11.9 Å². The van der Waals surface area contributed by atoms with Gasteiger partial charge in [-0.05, 0) is 37.2 Å². The van der Waals surface area contributed by atoms with Gasteiger partial charge in [0.2, 0.25) is 0 Å². The summed E-state index contributed by atoms with van der Waals surface area (Å²) >= 11 is 0. The Morgan fingerprint density at radius 2 is 1.94 bits per heavy atom. The highest BCUT2D eigenvalue weighted by Gasteiger charge is 2.30. The second kappa shape index (κ2) is 5.18. The Bertz CT molecular complexity index is 388. The van der Waals surface area contributed by atoms with Crippen LogP contribution in [-0.2, 0) is 6.18 Å². The fraction of sp³-hybridized carbons (Fsp3) is 0.538. The molecule has 0 aliphatic carbocycles. The van der Waals surface area contributed by atoms with Crippen molar-refractivity contribution < 1.29 is 17.9 Å². The van der Waals surface area contributed by atoms with Gasteiger partial charge in [0, 0.05) is 13.1 Å². The average molecular weight is 259 g/mol. The van der Waals surface area contributed by atoms with Gasteiger partial charge in [-0.1, -0.05) is 6.92 Å². The van der Waals surface area contributed by atoms with Gasteiger partial charge >= 0.3 is 6.18 Å². The lowest BCUT2D eigenvalue weighted by Gasteiger charge is -2.15. The molecule has 1 atom stereocenters. The van der Waals surface area contributed by atoms with Gasteiger partial charge < -0.3 is 4.74 Å². The number of likely N-dealkylation sites (N-methyl/N-ethyl adjacent to an activating group) is 1. The molecule has 1 saturated heterocycles. The molecule has 0 N–H and O–H groups in total. The number of rotatable bonds is 3. The van der Waals surface area contributed by atoms with Crippen molar-refractivity contribution in [2.75, 3.05) is 19.6 Å². The molecule has 1 heterocycles. The van der Waals surface area contributed by atoms with Gasteiger partial charge in [0.25, 0.3) is 0 Å². The molecule has 1 fully saturated rings. The van der Waals surface area contributed by atoms with Gasteiger partial charge in [0.15, 0.2) is 0 Å². The van der Waals surface area contributed by atoms with E-state index in [-0.39, 0.29) is 6.10 Å². The Morgan fingerprint density at radius 1 is 1.28 bits per heavy atom. The fourth-order valence-corrected chi connectivity index (χ4v) is 2.10. The highest BCUT2D eigenvalue weighted by molar-refractivity contribution is 5.29. The van der Waals surface area contributed by atoms with Gasteiger partial charge in [-0.25, -0.2) is 0 Å². The van der Waals surface area contributed by atoms with Crippen molar-refractivity contribution >= 4 is 0 Å². The van der Waals surface area contributed by atoms with Gasteiger partial charge in [-0.3, -0.25) is 4.90 Å². The smallest absolute Gasteiger partial charge is 0.416 e. The predicted octanol–water partition coefficient (Wildman–Crippen LogP) is 3.18. The molecular weight excluding hydrogens is 243 g/mol. The van der Waals surface area contributed by atoms with Crippen molar-refractivity contribution in [1.29, 1.82) is 0 Å². The summed E-state index contributed by atoms with van der Waals surface area (Å²) in [5.74, 6) is 0.506. The van der Waals surface area contributed by atoms with E-state index in [4.69, 9.17) is 4.74 Å². The molecule has 18 heavy (non-hydrogen) atoms. The van der Waals surface area contributed by atoms with E-state index in [2.05, 4.69) is 11.8 Å². The number of alkyl halides is 3. The van der Waals surface area contributed by atoms with Crippen molar-refractivity contribution in [2.24, 2.45) is 0 Å². The Labute approximate surface area is 104 Å². The lowest BCUT2D eigenvalue weighted by atomic mass is 10.2. The zero-order chi connectivity index (χ0) is 13.2. The molecule has 1 aliphatic heterocycles. The summed E-state index contributed by atoms with van der Waals surface area (Å²) in [7, 11) is 0. The zero-order valence-electron chi connectivity index (χ0n) is 10.2. The lowest BCUT2D eigenvalue weighted by Crippen LogP contribution is -2.24. The highest BCUT2D eigenvalue weighted by atomic mass is 19.4. The van der Waals surface area contributed by atoms with Crippen LogP contribution in [0.4, 0.5) is 13.2 Å². The maximum atomic E-state index is 12.4. The maximum absolute atomic E-state index is 12.4. The minimum absolute atomic E-state index is 0.0849. The molecular formula is C13H16F3NO. The molecule has 0 radical (unpaired) electrons. The van der Waals surface area contributed by atoms with E-state index in [0.29, 0.717) is 5.75 Å². The molecule has 5 heteroatoms. The summed E-state index contributed by atoms with van der Waals surface area (Å²) in [6.07, 6.45) is -3.28. The minimum Gasteiger partial charge on any atom is -0.489 e. The molecule has 0 spiro atoms. The van der Waals surface area contributed by atoms with Crippen molar-refractivity contribution in [3.63, 3.8) is 0 Å². The molecule has 1 aromatic carbocycles. The minimum atomic E-state index is -4.29. The van der Waals surface area contributed by atoms with Crippen LogP contribution in [0.2, 0.25) is 0 Å². The van der Waals surface area contributed by atoms with E-state index in [0.717, 1.165) is 38.2 Å². The number of nitrogens with zero attached hydrogens (tertiary/aromatic N) is 1. The summed E-state index contributed by atoms with van der Waals surface area (Å²) in [6.45, 7) is 4.90. The molecule has 0 bridgehead atoms. The van der Waals surface area contributed by atoms with Gasteiger partial charge in [-0.2, -0.15) is 13.2 Å². The second-order valence-corrected chi connectivity index (χ2v) is 4.44. The molecule has 2 nitrogen and oxygen atoms in total. The number of benzene rings is 1. The topological polar surface area (TPSA) is 12.5 Å². The third-order valence-corrected chi connectivity index (χ3v) is 3.16. The van der Waals surface area contributed by atoms with Crippen molar-refractivity contribution in [3.8, 4) is 5.75 Å². The largest absolute Gasteiger partial charge is 0.489 e. The van der Waals surface area contributed by atoms with Crippen molar-refractivity contribution in [1.82, 2.24) is 4.90 Å². The standard InChI is InChI=1S/C13H16F3NO/c1-2-17-8-7-12(9-17)18-11-5-3-10(4-6-11)13(14,15)16/h3-6,12H,2,7-9H2,1H3. The zero-order valence-corrected chi connectivity index (χ0v) is 10.2. The molecule has 1 unspecified atom stereocenters. The normalized spacial score (nSPS) is 21.2. The molecule has 2 rings (SSSR count). The summed E-state index contributed by atoms with van der Waals surface area (Å²) < 4.78 is 42.8. The first-order valence-electron chi connectivity index (χ1n) is 6.05. The van der Waals surface area contributed by atoms with E-state index in [1.165, 1.54) is 12.1 Å². The highest BCUT2D eigenvalue weighted by Crippen LogP contribution is 2.30. The summed E-state index contributed by atoms with van der Waals surface area (Å²) in [5.41, 5.74) is -0.642. The molecule has 1 aliphatic rings. The first kappa shape index (κ1) is 13.2. The Balaban J connectivity index is 1.95. The van der Waals surface area contributed by atoms with Crippen LogP contribution in [0.15, 0.2) is 24.3 Å². The lowest BCUT2D eigenvalue weighted by molar-refractivity contribution is -0.137. The molecule has 0 amide bonds. The van der Waals surface area contributed by atoms with Crippen LogP contribution in [0.5, 0.6) is 5.75 Å². The Kier molecular flexibility index (Phi) is 3.80. The third-order valence-electron chi connectivity index (χ3n) is 3.16. The third kappa shape index (κ3) is 3.16. The molecule has 100 valence electrons. The van der Waals surface area contributed by atoms with E-state index in [1.54, 1.807) is 0 Å². The summed E-state index contributed by atoms with van der Waals surface area (Å²) in [5, 5.41) is 0. The van der Waals surface area contributed by atoms with Crippen LogP contribution in [0, 0.1) is 0 Å². The van der Waals surface area contributed by atoms with Crippen LogP contribution in [0.3, 0.4) is 0 Å². The molecule has 1 aromatic rings. The van der Waals surface area contributed by atoms with Crippen LogP contribution >= 0.6 is 0 Å². The number of halogens is 3. The predicted molar refractivity (Wildman–Crippen MR) is 62.6 cm³/mol. The van der Waals surface area contributed by atoms with E-state index in [1.807, 2.05) is 0 Å². The van der Waals surface area contributed by atoms with E-state index in [9.17, 15) is 13.2 Å². The molecule has 0 aromatic heterocycles. The number of hydrogen-bond donors (Lipinski definition) is 0. The number of hydrogen-bond acceptors (Lipinski definition) is 2. The number of likely N-dealkylation sites (tertiary alicyclic amines) is 1. The van der Waals surface area contributed by atoms with E-state index >= 15 is 0 Å². The monoisotopic (exact) mass is 259 g/mol.